The number of nitrogens with one attached hydrogen (secondary N) is 1. The van der Waals surface area contributed by atoms with E-state index in [2.05, 4.69) is 21.2 Å². The lowest BCUT2D eigenvalue weighted by Crippen LogP contribution is -2.45. The van der Waals surface area contributed by atoms with E-state index >= 15 is 0 Å². The van der Waals surface area contributed by atoms with E-state index in [0.29, 0.717) is 21.5 Å². The normalized spacial score (nSPS) is 20.6. The van der Waals surface area contributed by atoms with Crippen LogP contribution in [0.5, 0.6) is 5.75 Å². The molecule has 1 atom stereocenters. The van der Waals surface area contributed by atoms with Crippen LogP contribution < -0.4 is 21.4 Å². The second-order valence-corrected chi connectivity index (χ2v) is 6.65. The molecule has 2 aliphatic heterocycles. The van der Waals surface area contributed by atoms with Crippen LogP contribution in [-0.4, -0.2) is 5.91 Å². The molecule has 2 aromatic rings. The predicted molar refractivity (Wildman–Crippen MR) is 90.7 cm³/mol. The Bertz CT molecular complexity index is 1100. The molecule has 0 aliphatic carbocycles. The number of hydrogen-bond donors (Lipinski definition) is 2. The van der Waals surface area contributed by atoms with E-state index in [9.17, 15) is 14.9 Å². The van der Waals surface area contributed by atoms with E-state index in [1.165, 1.54) is 6.07 Å². The molecule has 4 rings (SSSR count). The average molecular weight is 400 g/mol. The van der Waals surface area contributed by atoms with Gasteiger partial charge in [-0.1, -0.05) is 15.9 Å². The quantitative estimate of drug-likeness (QED) is 0.699. The summed E-state index contributed by atoms with van der Waals surface area (Å²) in [6, 6.07) is 8.51. The number of nitrogens with zero attached hydrogens (tertiary/aromatic N) is 1. The molecule has 1 spiro atoms. The van der Waals surface area contributed by atoms with Crippen molar-refractivity contribution in [1.82, 2.24) is 0 Å². The number of fused-ring (bicyclic) bond motifs is 4. The summed E-state index contributed by atoms with van der Waals surface area (Å²) >= 11 is 3.36. The molecule has 0 saturated carbocycles. The van der Waals surface area contributed by atoms with Crippen LogP contribution in [0, 0.1) is 18.3 Å². The highest BCUT2D eigenvalue weighted by Gasteiger charge is 2.58. The number of nitrogens with two attached hydrogens (primary N) is 1. The Morgan fingerprint density at radius 1 is 1.32 bits per heavy atom. The van der Waals surface area contributed by atoms with Crippen molar-refractivity contribution in [2.45, 2.75) is 12.3 Å². The van der Waals surface area contributed by atoms with Crippen LogP contribution in [0.4, 0.5) is 5.69 Å². The van der Waals surface area contributed by atoms with E-state index < -0.39 is 16.9 Å². The van der Waals surface area contributed by atoms with Crippen LogP contribution >= 0.6 is 15.9 Å². The minimum absolute atomic E-state index is 0.0572. The van der Waals surface area contributed by atoms with Crippen LogP contribution in [0.1, 0.15) is 16.9 Å². The first-order chi connectivity index (χ1) is 11.9. The van der Waals surface area contributed by atoms with Crippen molar-refractivity contribution >= 4 is 27.5 Å². The largest absolute Gasteiger partial charge is 0.440 e. The zero-order chi connectivity index (χ0) is 17.9. The molecule has 3 heterocycles. The highest BCUT2D eigenvalue weighted by atomic mass is 79.9. The maximum atomic E-state index is 13.0. The van der Waals surface area contributed by atoms with Gasteiger partial charge in [-0.25, -0.2) is 4.79 Å². The standard InChI is InChI=1S/C17H10BrN3O4/c1-7-4-12-13(15(22)24-7)17(10(6-19)14(20)25-12)9-5-8(18)2-3-11(9)21-16(17)23/h2-5H,20H2,1H3,(H,21,23)/t17-/m1/s1. The van der Waals surface area contributed by atoms with Gasteiger partial charge in [0, 0.05) is 21.8 Å². The van der Waals surface area contributed by atoms with Crippen LogP contribution in [0.15, 0.2) is 49.4 Å². The second kappa shape index (κ2) is 4.97. The Kier molecular flexibility index (Phi) is 3.08. The summed E-state index contributed by atoms with van der Waals surface area (Å²) in [5, 5.41) is 12.4. The lowest BCUT2D eigenvalue weighted by atomic mass is 9.69. The summed E-state index contributed by atoms with van der Waals surface area (Å²) in [4.78, 5) is 25.7. The van der Waals surface area contributed by atoms with E-state index in [-0.39, 0.29) is 22.8 Å². The summed E-state index contributed by atoms with van der Waals surface area (Å²) in [5.41, 5.74) is 4.19. The fraction of sp³-hybridized carbons (Fsp3) is 0.118. The first kappa shape index (κ1) is 15.5. The lowest BCUT2D eigenvalue weighted by Gasteiger charge is -2.32. The van der Waals surface area contributed by atoms with Crippen LogP contribution in [0.3, 0.4) is 0 Å². The molecule has 3 N–H and O–H groups in total. The van der Waals surface area contributed by atoms with Gasteiger partial charge in [0.2, 0.25) is 11.8 Å². The highest BCUT2D eigenvalue weighted by Crippen LogP contribution is 2.52. The number of carbonyl (C=O) groups excluding carboxylic acids is 1. The van der Waals surface area contributed by atoms with Gasteiger partial charge in [-0.05, 0) is 25.1 Å². The molecule has 7 nitrogen and oxygen atoms in total. The molecule has 1 aromatic carbocycles. The fourth-order valence-electron chi connectivity index (χ4n) is 3.39. The predicted octanol–water partition coefficient (Wildman–Crippen LogP) is 2.04. The molecular weight excluding hydrogens is 390 g/mol. The smallest absolute Gasteiger partial charge is 0.344 e. The summed E-state index contributed by atoms with van der Waals surface area (Å²) in [6.07, 6.45) is 0. The first-order valence-corrected chi connectivity index (χ1v) is 8.03. The van der Waals surface area contributed by atoms with Crippen LogP contribution in [0.25, 0.3) is 0 Å². The summed E-state index contributed by atoms with van der Waals surface area (Å²) < 4.78 is 11.3. The Morgan fingerprint density at radius 2 is 2.08 bits per heavy atom. The number of aryl methyl sites for hydroxylation is 1. The molecule has 124 valence electrons. The number of nitriles is 1. The van der Waals surface area contributed by atoms with Gasteiger partial charge in [-0.2, -0.15) is 5.26 Å². The number of anilines is 1. The number of carbonyl (C=O) groups is 1. The van der Waals surface area contributed by atoms with Gasteiger partial charge in [0.25, 0.3) is 0 Å². The van der Waals surface area contributed by atoms with Crippen molar-refractivity contribution in [3.63, 3.8) is 0 Å². The van der Waals surface area contributed by atoms with Gasteiger partial charge in [0.15, 0.2) is 5.41 Å². The van der Waals surface area contributed by atoms with E-state index in [1.54, 1.807) is 25.1 Å². The minimum atomic E-state index is -1.71. The van der Waals surface area contributed by atoms with Gasteiger partial charge >= 0.3 is 5.63 Å². The molecule has 0 radical (unpaired) electrons. The van der Waals surface area contributed by atoms with E-state index in [0.717, 1.165) is 0 Å². The van der Waals surface area contributed by atoms with Gasteiger partial charge in [-0.3, -0.25) is 4.79 Å². The third-order valence-electron chi connectivity index (χ3n) is 4.34. The molecule has 0 saturated heterocycles. The number of benzene rings is 1. The molecule has 0 fully saturated rings. The SMILES string of the molecule is Cc1cc2c(c(=O)o1)[C@]1(C(=O)Nc3ccc(Br)cc31)C(C#N)=C(N)O2. The fourth-order valence-corrected chi connectivity index (χ4v) is 3.75. The molecular formula is C17H10BrN3O4. The monoisotopic (exact) mass is 399 g/mol. The van der Waals surface area contributed by atoms with Crippen LogP contribution in [-0.2, 0) is 10.2 Å². The Hall–Kier alpha value is -3.05. The molecule has 1 amide bonds. The van der Waals surface area contributed by atoms with E-state index in [1.807, 2.05) is 6.07 Å². The van der Waals surface area contributed by atoms with Gasteiger partial charge in [0.05, 0.1) is 0 Å². The van der Waals surface area contributed by atoms with Crippen molar-refractivity contribution in [3.8, 4) is 11.8 Å². The maximum absolute atomic E-state index is 13.0. The number of ether oxygens (including phenoxy) is 1. The number of amides is 1. The molecule has 0 bridgehead atoms. The molecule has 25 heavy (non-hydrogen) atoms. The van der Waals surface area contributed by atoms with Crippen molar-refractivity contribution in [2.24, 2.45) is 5.73 Å². The number of hydrogen-bond acceptors (Lipinski definition) is 6. The second-order valence-electron chi connectivity index (χ2n) is 5.73. The van der Waals surface area contributed by atoms with Gasteiger partial charge in [0.1, 0.15) is 28.7 Å². The zero-order valence-corrected chi connectivity index (χ0v) is 14.4. The number of halogens is 1. The van der Waals surface area contributed by atoms with Crippen molar-refractivity contribution in [1.29, 1.82) is 5.26 Å². The third kappa shape index (κ3) is 1.84. The van der Waals surface area contributed by atoms with Crippen molar-refractivity contribution in [2.75, 3.05) is 5.32 Å². The molecule has 1 aromatic heterocycles. The molecule has 2 aliphatic rings. The summed E-state index contributed by atoms with van der Waals surface area (Å²) in [6.45, 7) is 1.58. The zero-order valence-electron chi connectivity index (χ0n) is 12.8. The third-order valence-corrected chi connectivity index (χ3v) is 4.83. The van der Waals surface area contributed by atoms with Crippen molar-refractivity contribution < 1.29 is 13.9 Å². The minimum Gasteiger partial charge on any atom is -0.440 e. The van der Waals surface area contributed by atoms with E-state index in [4.69, 9.17) is 14.9 Å². The molecule has 8 heteroatoms. The van der Waals surface area contributed by atoms with Gasteiger partial charge in [-0.15, -0.1) is 0 Å². The average Bonchev–Trinajstić information content (AvgIpc) is 2.80. The Labute approximate surface area is 149 Å². The summed E-state index contributed by atoms with van der Waals surface area (Å²) in [5.74, 6) is -0.364. The Morgan fingerprint density at radius 3 is 2.80 bits per heavy atom. The maximum Gasteiger partial charge on any atom is 0.344 e. The summed E-state index contributed by atoms with van der Waals surface area (Å²) in [7, 11) is 0. The molecule has 0 unspecified atom stereocenters. The highest BCUT2D eigenvalue weighted by molar-refractivity contribution is 9.10. The van der Waals surface area contributed by atoms with Crippen LogP contribution in [0.2, 0.25) is 0 Å². The number of rotatable bonds is 0. The topological polar surface area (TPSA) is 118 Å². The van der Waals surface area contributed by atoms with Crippen molar-refractivity contribution in [3.05, 3.63) is 67.5 Å². The first-order valence-electron chi connectivity index (χ1n) is 7.24. The van der Waals surface area contributed by atoms with Gasteiger partial charge < -0.3 is 20.2 Å². The lowest BCUT2D eigenvalue weighted by molar-refractivity contribution is -0.118. The Balaban J connectivity index is 2.22.